The molecule has 2 fully saturated rings. The van der Waals surface area contributed by atoms with Gasteiger partial charge in [0, 0.05) is 19.0 Å². The second-order valence-corrected chi connectivity index (χ2v) is 6.01. The maximum atomic E-state index is 12.2. The number of benzene rings is 1. The summed E-state index contributed by atoms with van der Waals surface area (Å²) in [5.74, 6) is 2.13. The Morgan fingerprint density at radius 2 is 1.79 bits per heavy atom. The van der Waals surface area contributed by atoms with E-state index in [1.165, 1.54) is 5.56 Å². The Labute approximate surface area is 114 Å². The molecule has 3 heteroatoms. The molecule has 1 saturated carbocycles. The van der Waals surface area contributed by atoms with Gasteiger partial charge in [0.15, 0.2) is 0 Å². The SMILES string of the molecule is CC1CC1C(=O)N1CCC(c2ccc(O)cc2)CC1. The average molecular weight is 259 g/mol. The Morgan fingerprint density at radius 3 is 2.32 bits per heavy atom. The second-order valence-electron chi connectivity index (χ2n) is 6.01. The summed E-state index contributed by atoms with van der Waals surface area (Å²) in [6.07, 6.45) is 3.16. The van der Waals surface area contributed by atoms with Crippen LogP contribution in [-0.2, 0) is 4.79 Å². The zero-order valence-corrected chi connectivity index (χ0v) is 11.4. The summed E-state index contributed by atoms with van der Waals surface area (Å²) >= 11 is 0. The summed E-state index contributed by atoms with van der Waals surface area (Å²) in [6, 6.07) is 7.50. The molecule has 0 aromatic heterocycles. The fraction of sp³-hybridized carbons (Fsp3) is 0.562. The summed E-state index contributed by atoms with van der Waals surface area (Å²) in [4.78, 5) is 14.2. The van der Waals surface area contributed by atoms with Gasteiger partial charge in [-0.15, -0.1) is 0 Å². The fourth-order valence-electron chi connectivity index (χ4n) is 3.08. The third-order valence-corrected chi connectivity index (χ3v) is 4.60. The molecule has 1 amide bonds. The molecule has 2 atom stereocenters. The highest BCUT2D eigenvalue weighted by atomic mass is 16.3. The lowest BCUT2D eigenvalue weighted by atomic mass is 9.89. The highest BCUT2D eigenvalue weighted by molar-refractivity contribution is 5.81. The predicted molar refractivity (Wildman–Crippen MR) is 73.9 cm³/mol. The monoisotopic (exact) mass is 259 g/mol. The highest BCUT2D eigenvalue weighted by Crippen LogP contribution is 2.40. The standard InChI is InChI=1S/C16H21NO2/c1-11-10-15(11)16(19)17-8-6-13(7-9-17)12-2-4-14(18)5-3-12/h2-5,11,13,15,18H,6-10H2,1H3. The van der Waals surface area contributed by atoms with Crippen molar-refractivity contribution in [1.29, 1.82) is 0 Å². The Balaban J connectivity index is 1.57. The molecule has 2 unspecified atom stereocenters. The van der Waals surface area contributed by atoms with Crippen molar-refractivity contribution in [3.63, 3.8) is 0 Å². The number of nitrogens with zero attached hydrogens (tertiary/aromatic N) is 1. The van der Waals surface area contributed by atoms with E-state index < -0.39 is 0 Å². The smallest absolute Gasteiger partial charge is 0.225 e. The van der Waals surface area contributed by atoms with E-state index in [9.17, 15) is 9.90 Å². The topological polar surface area (TPSA) is 40.5 Å². The quantitative estimate of drug-likeness (QED) is 0.887. The van der Waals surface area contributed by atoms with Gasteiger partial charge in [-0.1, -0.05) is 19.1 Å². The summed E-state index contributed by atoms with van der Waals surface area (Å²) < 4.78 is 0. The first-order valence-electron chi connectivity index (χ1n) is 7.23. The van der Waals surface area contributed by atoms with Crippen LogP contribution in [0.5, 0.6) is 5.75 Å². The number of aromatic hydroxyl groups is 1. The fourth-order valence-corrected chi connectivity index (χ4v) is 3.08. The molecule has 19 heavy (non-hydrogen) atoms. The van der Waals surface area contributed by atoms with Gasteiger partial charge in [-0.3, -0.25) is 4.79 Å². The van der Waals surface area contributed by atoms with E-state index in [0.29, 0.717) is 29.4 Å². The van der Waals surface area contributed by atoms with E-state index in [4.69, 9.17) is 0 Å². The molecule has 0 radical (unpaired) electrons. The third-order valence-electron chi connectivity index (χ3n) is 4.60. The molecule has 0 bridgehead atoms. The molecule has 1 heterocycles. The maximum absolute atomic E-state index is 12.2. The zero-order valence-electron chi connectivity index (χ0n) is 11.4. The predicted octanol–water partition coefficient (Wildman–Crippen LogP) is 2.75. The van der Waals surface area contributed by atoms with E-state index >= 15 is 0 Å². The number of carbonyl (C=O) groups is 1. The van der Waals surface area contributed by atoms with Crippen molar-refractivity contribution in [3.05, 3.63) is 29.8 Å². The summed E-state index contributed by atoms with van der Waals surface area (Å²) in [6.45, 7) is 3.92. The zero-order chi connectivity index (χ0) is 13.4. The van der Waals surface area contributed by atoms with Crippen LogP contribution in [0.25, 0.3) is 0 Å². The molecule has 102 valence electrons. The van der Waals surface area contributed by atoms with E-state index in [-0.39, 0.29) is 0 Å². The Bertz CT molecular complexity index is 460. The summed E-state index contributed by atoms with van der Waals surface area (Å²) in [5, 5.41) is 9.31. The van der Waals surface area contributed by atoms with Gasteiger partial charge in [-0.2, -0.15) is 0 Å². The number of likely N-dealkylation sites (tertiary alicyclic amines) is 1. The number of amides is 1. The number of piperidine rings is 1. The van der Waals surface area contributed by atoms with Crippen LogP contribution in [0.1, 0.15) is 37.7 Å². The van der Waals surface area contributed by atoms with Crippen molar-refractivity contribution in [2.45, 2.75) is 32.1 Å². The molecule has 1 aromatic rings. The number of rotatable bonds is 2. The van der Waals surface area contributed by atoms with Crippen molar-refractivity contribution >= 4 is 5.91 Å². The molecular weight excluding hydrogens is 238 g/mol. The molecular formula is C16H21NO2. The van der Waals surface area contributed by atoms with Crippen molar-refractivity contribution in [1.82, 2.24) is 4.90 Å². The third kappa shape index (κ3) is 2.60. The molecule has 1 aliphatic carbocycles. The lowest BCUT2D eigenvalue weighted by Gasteiger charge is -2.32. The van der Waals surface area contributed by atoms with Crippen molar-refractivity contribution in [2.24, 2.45) is 11.8 Å². The number of carbonyl (C=O) groups excluding carboxylic acids is 1. The van der Waals surface area contributed by atoms with Gasteiger partial charge in [0.25, 0.3) is 0 Å². The van der Waals surface area contributed by atoms with Crippen LogP contribution in [0.3, 0.4) is 0 Å². The van der Waals surface area contributed by atoms with E-state index in [1.54, 1.807) is 12.1 Å². The van der Waals surface area contributed by atoms with Gasteiger partial charge in [0.05, 0.1) is 0 Å². The Kier molecular flexibility index (Phi) is 3.21. The van der Waals surface area contributed by atoms with Crippen LogP contribution in [0.15, 0.2) is 24.3 Å². The first-order valence-corrected chi connectivity index (χ1v) is 7.23. The van der Waals surface area contributed by atoms with Crippen LogP contribution in [0.4, 0.5) is 0 Å². The number of phenols is 1. The van der Waals surface area contributed by atoms with Crippen LogP contribution in [-0.4, -0.2) is 29.0 Å². The normalized spacial score (nSPS) is 27.3. The van der Waals surface area contributed by atoms with Crippen LogP contribution >= 0.6 is 0 Å². The average Bonchev–Trinajstić information content (AvgIpc) is 3.16. The van der Waals surface area contributed by atoms with Gasteiger partial charge in [0.2, 0.25) is 5.91 Å². The molecule has 1 saturated heterocycles. The number of hydrogen-bond donors (Lipinski definition) is 1. The van der Waals surface area contributed by atoms with Crippen molar-refractivity contribution in [2.75, 3.05) is 13.1 Å². The van der Waals surface area contributed by atoms with E-state index in [0.717, 1.165) is 32.4 Å². The molecule has 0 spiro atoms. The minimum absolute atomic E-state index is 0.310. The van der Waals surface area contributed by atoms with Gasteiger partial charge in [-0.25, -0.2) is 0 Å². The first-order chi connectivity index (χ1) is 9.15. The summed E-state index contributed by atoms with van der Waals surface area (Å²) in [7, 11) is 0. The second kappa shape index (κ2) is 4.87. The van der Waals surface area contributed by atoms with Gasteiger partial charge < -0.3 is 10.0 Å². The number of phenolic OH excluding ortho intramolecular Hbond substituents is 1. The van der Waals surface area contributed by atoms with E-state index in [1.807, 2.05) is 17.0 Å². The maximum Gasteiger partial charge on any atom is 0.225 e. The lowest BCUT2D eigenvalue weighted by molar-refractivity contribution is -0.133. The largest absolute Gasteiger partial charge is 0.508 e. The molecule has 1 aliphatic heterocycles. The van der Waals surface area contributed by atoms with Gasteiger partial charge >= 0.3 is 0 Å². The van der Waals surface area contributed by atoms with Crippen LogP contribution in [0.2, 0.25) is 0 Å². The molecule has 3 rings (SSSR count). The minimum atomic E-state index is 0.310. The molecule has 2 aliphatic rings. The number of hydrogen-bond acceptors (Lipinski definition) is 2. The lowest BCUT2D eigenvalue weighted by Crippen LogP contribution is -2.39. The van der Waals surface area contributed by atoms with Crippen LogP contribution < -0.4 is 0 Å². The minimum Gasteiger partial charge on any atom is -0.508 e. The first kappa shape index (κ1) is 12.5. The van der Waals surface area contributed by atoms with Gasteiger partial charge in [0.1, 0.15) is 5.75 Å². The van der Waals surface area contributed by atoms with Gasteiger partial charge in [-0.05, 0) is 48.8 Å². The molecule has 1 N–H and O–H groups in total. The molecule has 3 nitrogen and oxygen atoms in total. The van der Waals surface area contributed by atoms with E-state index in [2.05, 4.69) is 6.92 Å². The Hall–Kier alpha value is -1.51. The Morgan fingerprint density at radius 1 is 1.21 bits per heavy atom. The van der Waals surface area contributed by atoms with Crippen molar-refractivity contribution < 1.29 is 9.90 Å². The molecule has 1 aromatic carbocycles. The summed E-state index contributed by atoms with van der Waals surface area (Å²) in [5.41, 5.74) is 1.28. The highest BCUT2D eigenvalue weighted by Gasteiger charge is 2.42. The van der Waals surface area contributed by atoms with Crippen molar-refractivity contribution in [3.8, 4) is 5.75 Å². The van der Waals surface area contributed by atoms with Crippen LogP contribution in [0, 0.1) is 11.8 Å².